The van der Waals surface area contributed by atoms with Crippen molar-refractivity contribution in [1.29, 1.82) is 10.5 Å². The largest absolute Gasteiger partial charge is 0.380 e. The Morgan fingerprint density at radius 2 is 2.05 bits per heavy atom. The van der Waals surface area contributed by atoms with Crippen molar-refractivity contribution in [2.45, 2.75) is 6.54 Å². The van der Waals surface area contributed by atoms with Gasteiger partial charge in [0, 0.05) is 12.7 Å². The summed E-state index contributed by atoms with van der Waals surface area (Å²) in [5.41, 5.74) is 1.56. The summed E-state index contributed by atoms with van der Waals surface area (Å²) in [6.07, 6.45) is 1.53. The Labute approximate surface area is 109 Å². The molecular weight excluding hydrogens is 243 g/mol. The summed E-state index contributed by atoms with van der Waals surface area (Å²) in [6.45, 7) is 0.384. The van der Waals surface area contributed by atoms with E-state index in [1.807, 2.05) is 12.1 Å². The second-order valence-corrected chi connectivity index (χ2v) is 3.79. The van der Waals surface area contributed by atoms with E-state index in [2.05, 4.69) is 10.3 Å². The van der Waals surface area contributed by atoms with E-state index in [1.165, 1.54) is 18.3 Å². The van der Waals surface area contributed by atoms with E-state index < -0.39 is 5.82 Å². The minimum atomic E-state index is -0.556. The monoisotopic (exact) mass is 252 g/mol. The molecule has 4 nitrogen and oxygen atoms in total. The number of nitrogens with one attached hydrogen (secondary N) is 1. The van der Waals surface area contributed by atoms with Gasteiger partial charge in [-0.2, -0.15) is 10.5 Å². The van der Waals surface area contributed by atoms with Crippen LogP contribution in [0.5, 0.6) is 0 Å². The quantitative estimate of drug-likeness (QED) is 0.911. The molecule has 2 rings (SSSR count). The van der Waals surface area contributed by atoms with Crippen molar-refractivity contribution in [3.63, 3.8) is 0 Å². The molecule has 0 aliphatic heterocycles. The van der Waals surface area contributed by atoms with E-state index in [1.54, 1.807) is 18.2 Å². The number of hydrogen-bond acceptors (Lipinski definition) is 4. The summed E-state index contributed by atoms with van der Waals surface area (Å²) in [4.78, 5) is 3.86. The first-order valence-electron chi connectivity index (χ1n) is 5.52. The molecule has 0 amide bonds. The van der Waals surface area contributed by atoms with Crippen LogP contribution in [-0.4, -0.2) is 4.98 Å². The molecular formula is C14H9FN4. The van der Waals surface area contributed by atoms with Crippen LogP contribution in [0.15, 0.2) is 36.5 Å². The van der Waals surface area contributed by atoms with E-state index >= 15 is 0 Å². The van der Waals surface area contributed by atoms with Gasteiger partial charge in [-0.15, -0.1) is 0 Å². The molecule has 0 aliphatic rings. The van der Waals surface area contributed by atoms with E-state index in [9.17, 15) is 4.39 Å². The number of nitrogens with zero attached hydrogens (tertiary/aromatic N) is 3. The third-order valence-corrected chi connectivity index (χ3v) is 2.55. The molecule has 0 saturated heterocycles. The second kappa shape index (κ2) is 5.61. The fraction of sp³-hybridized carbons (Fsp3) is 0.0714. The molecule has 2 aromatic rings. The summed E-state index contributed by atoms with van der Waals surface area (Å²) >= 11 is 0. The minimum Gasteiger partial charge on any atom is -0.380 e. The smallest absolute Gasteiger partial charge is 0.143 e. The van der Waals surface area contributed by atoms with Crippen LogP contribution >= 0.6 is 0 Å². The molecule has 1 aromatic carbocycles. The lowest BCUT2D eigenvalue weighted by atomic mass is 10.1. The maximum atomic E-state index is 13.4. The van der Waals surface area contributed by atoms with Gasteiger partial charge in [0.15, 0.2) is 0 Å². The number of halogens is 1. The van der Waals surface area contributed by atoms with Crippen LogP contribution in [0.25, 0.3) is 0 Å². The average Bonchev–Trinajstić information content (AvgIpc) is 2.45. The third kappa shape index (κ3) is 2.85. The lowest BCUT2D eigenvalue weighted by molar-refractivity contribution is 0.624. The number of benzene rings is 1. The topological polar surface area (TPSA) is 72.5 Å². The Hall–Kier alpha value is -2.92. The lowest BCUT2D eigenvalue weighted by Crippen LogP contribution is -2.03. The van der Waals surface area contributed by atoms with E-state index in [0.29, 0.717) is 17.9 Å². The summed E-state index contributed by atoms with van der Waals surface area (Å²) in [5.74, 6) is -0.556. The summed E-state index contributed by atoms with van der Waals surface area (Å²) in [7, 11) is 0. The first-order valence-corrected chi connectivity index (χ1v) is 5.52. The van der Waals surface area contributed by atoms with Gasteiger partial charge in [-0.05, 0) is 29.8 Å². The van der Waals surface area contributed by atoms with Crippen molar-refractivity contribution in [2.75, 3.05) is 5.32 Å². The Bertz CT molecular complexity index is 683. The molecule has 5 heteroatoms. The summed E-state index contributed by atoms with van der Waals surface area (Å²) in [5, 5.41) is 20.6. The number of rotatable bonds is 3. The van der Waals surface area contributed by atoms with Crippen LogP contribution in [-0.2, 0) is 6.54 Å². The van der Waals surface area contributed by atoms with Crippen molar-refractivity contribution < 1.29 is 4.39 Å². The normalized spacial score (nSPS) is 9.42. The summed E-state index contributed by atoms with van der Waals surface area (Å²) in [6, 6.07) is 11.6. The van der Waals surface area contributed by atoms with Gasteiger partial charge in [0.1, 0.15) is 29.2 Å². The summed E-state index contributed by atoms with van der Waals surface area (Å²) < 4.78 is 13.4. The van der Waals surface area contributed by atoms with Crippen molar-refractivity contribution >= 4 is 5.69 Å². The van der Waals surface area contributed by atoms with Gasteiger partial charge in [-0.25, -0.2) is 9.37 Å². The lowest BCUT2D eigenvalue weighted by Gasteiger charge is -2.08. The Morgan fingerprint density at radius 1 is 1.21 bits per heavy atom. The molecule has 0 fully saturated rings. The van der Waals surface area contributed by atoms with Crippen LogP contribution in [0, 0.1) is 28.5 Å². The number of anilines is 1. The predicted molar refractivity (Wildman–Crippen MR) is 67.4 cm³/mol. The highest BCUT2D eigenvalue weighted by molar-refractivity contribution is 5.58. The fourth-order valence-electron chi connectivity index (χ4n) is 1.63. The highest BCUT2D eigenvalue weighted by Gasteiger charge is 2.07. The molecule has 0 aliphatic carbocycles. The van der Waals surface area contributed by atoms with Gasteiger partial charge < -0.3 is 5.32 Å². The van der Waals surface area contributed by atoms with Crippen LogP contribution in [0.4, 0.5) is 10.1 Å². The molecule has 0 atom stereocenters. The van der Waals surface area contributed by atoms with Crippen LogP contribution < -0.4 is 5.32 Å². The van der Waals surface area contributed by atoms with Gasteiger partial charge in [-0.3, -0.25) is 0 Å². The minimum absolute atomic E-state index is 0.0166. The third-order valence-electron chi connectivity index (χ3n) is 2.55. The predicted octanol–water partition coefficient (Wildman–Crippen LogP) is 2.58. The molecule has 1 aromatic heterocycles. The maximum absolute atomic E-state index is 13.4. The van der Waals surface area contributed by atoms with Gasteiger partial charge in [-0.1, -0.05) is 6.07 Å². The standard InChI is InChI=1S/C14H9FN4/c15-13-2-1-3-14(12(13)8-17)19-9-10-4-5-18-11(6-10)7-16/h1-6,19H,9H2. The van der Waals surface area contributed by atoms with Crippen molar-refractivity contribution in [3.8, 4) is 12.1 Å². The Balaban J connectivity index is 2.18. The molecule has 0 spiro atoms. The molecule has 0 saturated carbocycles. The Kier molecular flexibility index (Phi) is 3.70. The van der Waals surface area contributed by atoms with Gasteiger partial charge in [0.25, 0.3) is 0 Å². The number of aromatic nitrogens is 1. The number of pyridine rings is 1. The van der Waals surface area contributed by atoms with Crippen LogP contribution in [0.1, 0.15) is 16.8 Å². The first-order chi connectivity index (χ1) is 9.24. The highest BCUT2D eigenvalue weighted by Crippen LogP contribution is 2.18. The number of hydrogen-bond donors (Lipinski definition) is 1. The van der Waals surface area contributed by atoms with E-state index in [0.717, 1.165) is 5.56 Å². The zero-order chi connectivity index (χ0) is 13.7. The van der Waals surface area contributed by atoms with Crippen LogP contribution in [0.2, 0.25) is 0 Å². The number of nitriles is 2. The zero-order valence-corrected chi connectivity index (χ0v) is 9.89. The van der Waals surface area contributed by atoms with Gasteiger partial charge >= 0.3 is 0 Å². The molecule has 0 bridgehead atoms. The zero-order valence-electron chi connectivity index (χ0n) is 9.89. The van der Waals surface area contributed by atoms with Crippen molar-refractivity contribution in [3.05, 3.63) is 59.2 Å². The molecule has 19 heavy (non-hydrogen) atoms. The SMILES string of the molecule is N#Cc1cc(CNc2cccc(F)c2C#N)ccn1. The van der Waals surface area contributed by atoms with E-state index in [-0.39, 0.29) is 5.56 Å². The van der Waals surface area contributed by atoms with Gasteiger partial charge in [0.05, 0.1) is 5.69 Å². The van der Waals surface area contributed by atoms with Crippen molar-refractivity contribution in [2.24, 2.45) is 0 Å². The highest BCUT2D eigenvalue weighted by atomic mass is 19.1. The Morgan fingerprint density at radius 3 is 2.79 bits per heavy atom. The molecule has 92 valence electrons. The molecule has 1 heterocycles. The first kappa shape index (κ1) is 12.5. The molecule has 0 radical (unpaired) electrons. The van der Waals surface area contributed by atoms with Gasteiger partial charge in [0.2, 0.25) is 0 Å². The second-order valence-electron chi connectivity index (χ2n) is 3.79. The van der Waals surface area contributed by atoms with E-state index in [4.69, 9.17) is 10.5 Å². The van der Waals surface area contributed by atoms with Crippen molar-refractivity contribution in [1.82, 2.24) is 4.98 Å². The van der Waals surface area contributed by atoms with Crippen LogP contribution in [0.3, 0.4) is 0 Å². The average molecular weight is 252 g/mol. The maximum Gasteiger partial charge on any atom is 0.143 e. The molecule has 0 unspecified atom stereocenters. The fourth-order valence-corrected chi connectivity index (χ4v) is 1.63. The molecule has 1 N–H and O–H groups in total.